The molecule has 3 atom stereocenters. The third-order valence-corrected chi connectivity index (χ3v) is 15.3. The molecule has 5 nitrogen and oxygen atoms in total. The van der Waals surface area contributed by atoms with Gasteiger partial charge in [-0.1, -0.05) is 332 Å². The molecule has 0 aromatic rings. The molecule has 3 unspecified atom stereocenters. The predicted octanol–water partition coefficient (Wildman–Crippen LogP) is 21.1. The summed E-state index contributed by atoms with van der Waals surface area (Å²) in [6, 6.07) is -0.764. The largest absolute Gasteiger partial charge is 0.394 e. The third-order valence-electron chi connectivity index (χ3n) is 15.3. The molecule has 73 heavy (non-hydrogen) atoms. The number of aliphatic hydroxyl groups is 3. The van der Waals surface area contributed by atoms with Crippen molar-refractivity contribution in [2.75, 3.05) is 6.61 Å². The highest BCUT2D eigenvalue weighted by molar-refractivity contribution is 5.76. The Kier molecular flexibility index (Phi) is 61.4. The topological polar surface area (TPSA) is 89.8 Å². The Labute approximate surface area is 457 Å². The first kappa shape index (κ1) is 71.3. The number of carbonyl (C=O) groups excluding carboxylic acids is 1. The number of hydrogen-bond donors (Lipinski definition) is 4. The Morgan fingerprint density at radius 3 is 0.959 bits per heavy atom. The van der Waals surface area contributed by atoms with Crippen LogP contribution in [0.4, 0.5) is 0 Å². The molecule has 0 bridgehead atoms. The second kappa shape index (κ2) is 62.8. The number of amides is 1. The summed E-state index contributed by atoms with van der Waals surface area (Å²) in [5, 5.41) is 33.6. The molecule has 0 radical (unpaired) electrons. The first-order chi connectivity index (χ1) is 36.0. The number of hydrogen-bond acceptors (Lipinski definition) is 4. The average Bonchev–Trinajstić information content (AvgIpc) is 3.39. The van der Waals surface area contributed by atoms with Gasteiger partial charge in [-0.25, -0.2) is 0 Å². The molecular weight excluding hydrogens is 895 g/mol. The lowest BCUT2D eigenvalue weighted by Gasteiger charge is -2.21. The van der Waals surface area contributed by atoms with Crippen LogP contribution in [-0.2, 0) is 4.79 Å². The molecule has 0 spiro atoms. The predicted molar refractivity (Wildman–Crippen MR) is 324 cm³/mol. The van der Waals surface area contributed by atoms with E-state index in [1.54, 1.807) is 6.08 Å². The minimum atomic E-state index is -0.954. The summed E-state index contributed by atoms with van der Waals surface area (Å²) in [5.74, 6) is -0.321. The molecule has 5 heteroatoms. The Morgan fingerprint density at radius 2 is 0.630 bits per heavy atom. The second-order valence-corrected chi connectivity index (χ2v) is 22.7. The molecule has 0 heterocycles. The van der Waals surface area contributed by atoms with Crippen molar-refractivity contribution in [2.24, 2.45) is 0 Å². The summed E-state index contributed by atoms with van der Waals surface area (Å²) in [7, 11) is 0. The summed E-state index contributed by atoms with van der Waals surface area (Å²) in [4.78, 5) is 12.6. The first-order valence-corrected chi connectivity index (χ1v) is 32.9. The lowest BCUT2D eigenvalue weighted by atomic mass is 10.0. The van der Waals surface area contributed by atoms with Crippen LogP contribution in [-0.4, -0.2) is 46.1 Å². The molecule has 1 amide bonds. The van der Waals surface area contributed by atoms with Gasteiger partial charge in [0.05, 0.1) is 31.3 Å². The number of unbranched alkanes of at least 4 members (excludes halogenated alkanes) is 46. The van der Waals surface area contributed by atoms with Crippen LogP contribution >= 0.6 is 0 Å². The monoisotopic (exact) mass is 1020 g/mol. The summed E-state index contributed by atoms with van der Waals surface area (Å²) in [5.41, 5.74) is 0. The van der Waals surface area contributed by atoms with Crippen LogP contribution < -0.4 is 5.32 Å². The zero-order chi connectivity index (χ0) is 52.9. The zero-order valence-electron chi connectivity index (χ0n) is 49.3. The Balaban J connectivity index is 3.55. The number of rotatable bonds is 61. The number of aliphatic hydroxyl groups excluding tert-OH is 3. The normalized spacial score (nSPS) is 13.4. The van der Waals surface area contributed by atoms with Gasteiger partial charge in [0.2, 0.25) is 5.91 Å². The molecule has 0 rings (SSSR count). The number of nitrogens with one attached hydrogen (secondary N) is 1. The number of carbonyl (C=O) groups is 1. The maximum absolute atomic E-state index is 12.6. The van der Waals surface area contributed by atoms with Gasteiger partial charge in [0.15, 0.2) is 0 Å². The van der Waals surface area contributed by atoms with Crippen molar-refractivity contribution in [1.29, 1.82) is 0 Å². The van der Waals surface area contributed by atoms with E-state index >= 15 is 0 Å². The SMILES string of the molecule is CCCCCCCCCCCCC/C=C\C/C=C\CCCCCCCCCCCCCCCCCC(O)CC(=O)NC(CO)C(O)/C=C/CC/C=C/CCCCCCCCCCCCCCCCCCCCC. The molecule has 0 aliphatic carbocycles. The maximum Gasteiger partial charge on any atom is 0.222 e. The fraction of sp³-hybridized carbons (Fsp3) is 0.868. The summed E-state index contributed by atoms with van der Waals surface area (Å²) >= 11 is 0. The maximum atomic E-state index is 12.6. The van der Waals surface area contributed by atoms with Gasteiger partial charge in [-0.2, -0.15) is 0 Å². The van der Waals surface area contributed by atoms with E-state index in [9.17, 15) is 20.1 Å². The molecule has 0 aromatic heterocycles. The minimum absolute atomic E-state index is 0.00659. The van der Waals surface area contributed by atoms with Crippen LogP contribution in [0.2, 0.25) is 0 Å². The van der Waals surface area contributed by atoms with Crippen LogP contribution in [0, 0.1) is 0 Å². The molecule has 0 fully saturated rings. The van der Waals surface area contributed by atoms with Crippen molar-refractivity contribution in [1.82, 2.24) is 5.32 Å². The van der Waals surface area contributed by atoms with E-state index in [1.807, 2.05) is 6.08 Å². The molecule has 0 saturated carbocycles. The highest BCUT2D eigenvalue weighted by atomic mass is 16.3. The van der Waals surface area contributed by atoms with Crippen molar-refractivity contribution in [3.05, 3.63) is 48.6 Å². The quantitative estimate of drug-likeness (QED) is 0.0361. The molecule has 0 saturated heterocycles. The molecule has 0 aliphatic rings. The fourth-order valence-corrected chi connectivity index (χ4v) is 10.3. The standard InChI is InChI=1S/C68H129NO4/c1-3-5-7-9-11-13-15-17-19-21-23-25-27-29-30-31-32-33-34-35-36-38-39-41-43-45-47-49-51-53-55-57-59-61-65(71)63-68(73)69-66(64-70)67(72)62-60-58-56-54-52-50-48-46-44-42-40-37-28-26-24-22-20-18-16-14-12-10-8-6-4-2/h27,29,31-32,52,54,60,62,65-67,70-72H,3-26,28,30,33-51,53,55-59,61,63-64H2,1-2H3,(H,69,73)/b29-27-,32-31-,54-52+,62-60+. The van der Waals surface area contributed by atoms with Gasteiger partial charge < -0.3 is 20.6 Å². The summed E-state index contributed by atoms with van der Waals surface area (Å²) in [6.07, 6.45) is 84.9. The molecule has 430 valence electrons. The summed E-state index contributed by atoms with van der Waals surface area (Å²) in [6.45, 7) is 4.24. The Morgan fingerprint density at radius 1 is 0.356 bits per heavy atom. The van der Waals surface area contributed by atoms with Gasteiger partial charge in [0, 0.05) is 0 Å². The first-order valence-electron chi connectivity index (χ1n) is 32.9. The molecule has 4 N–H and O–H groups in total. The van der Waals surface area contributed by atoms with Crippen LogP contribution in [0.1, 0.15) is 354 Å². The second-order valence-electron chi connectivity index (χ2n) is 22.7. The van der Waals surface area contributed by atoms with Crippen LogP contribution in [0.3, 0.4) is 0 Å². The van der Waals surface area contributed by atoms with E-state index in [1.165, 1.54) is 289 Å². The van der Waals surface area contributed by atoms with Gasteiger partial charge in [-0.15, -0.1) is 0 Å². The van der Waals surface area contributed by atoms with Crippen molar-refractivity contribution in [2.45, 2.75) is 372 Å². The van der Waals surface area contributed by atoms with Gasteiger partial charge in [-0.05, 0) is 64.2 Å². The average molecular weight is 1020 g/mol. The van der Waals surface area contributed by atoms with Crippen molar-refractivity contribution in [3.63, 3.8) is 0 Å². The highest BCUT2D eigenvalue weighted by Crippen LogP contribution is 2.18. The fourth-order valence-electron chi connectivity index (χ4n) is 10.3. The smallest absolute Gasteiger partial charge is 0.222 e. The molecule has 0 aromatic carbocycles. The van der Waals surface area contributed by atoms with Crippen LogP contribution in [0.5, 0.6) is 0 Å². The van der Waals surface area contributed by atoms with Crippen molar-refractivity contribution in [3.8, 4) is 0 Å². The lowest BCUT2D eigenvalue weighted by Crippen LogP contribution is -2.45. The Hall–Kier alpha value is -1.69. The Bertz CT molecular complexity index is 1180. The van der Waals surface area contributed by atoms with Crippen molar-refractivity contribution < 1.29 is 20.1 Å². The highest BCUT2D eigenvalue weighted by Gasteiger charge is 2.20. The van der Waals surface area contributed by atoms with E-state index in [0.29, 0.717) is 6.42 Å². The van der Waals surface area contributed by atoms with Gasteiger partial charge in [0.1, 0.15) is 0 Å². The van der Waals surface area contributed by atoms with E-state index in [0.717, 1.165) is 38.5 Å². The van der Waals surface area contributed by atoms with E-state index in [2.05, 4.69) is 55.6 Å². The van der Waals surface area contributed by atoms with Gasteiger partial charge in [-0.3, -0.25) is 4.79 Å². The zero-order valence-corrected chi connectivity index (χ0v) is 49.3. The van der Waals surface area contributed by atoms with E-state index in [-0.39, 0.29) is 18.9 Å². The molecule has 0 aliphatic heterocycles. The lowest BCUT2D eigenvalue weighted by molar-refractivity contribution is -0.124. The third kappa shape index (κ3) is 59.4. The van der Waals surface area contributed by atoms with E-state index in [4.69, 9.17) is 0 Å². The van der Waals surface area contributed by atoms with Gasteiger partial charge in [0.25, 0.3) is 0 Å². The summed E-state index contributed by atoms with van der Waals surface area (Å²) < 4.78 is 0. The van der Waals surface area contributed by atoms with Crippen LogP contribution in [0.25, 0.3) is 0 Å². The minimum Gasteiger partial charge on any atom is -0.394 e. The van der Waals surface area contributed by atoms with Crippen molar-refractivity contribution >= 4 is 5.91 Å². The molecular formula is C68H129NO4. The van der Waals surface area contributed by atoms with E-state index < -0.39 is 18.2 Å². The number of allylic oxidation sites excluding steroid dienone is 7. The van der Waals surface area contributed by atoms with Gasteiger partial charge >= 0.3 is 0 Å². The van der Waals surface area contributed by atoms with Crippen LogP contribution in [0.15, 0.2) is 48.6 Å².